The molecule has 7 heteroatoms. The highest BCUT2D eigenvalue weighted by Crippen LogP contribution is 2.26. The summed E-state index contributed by atoms with van der Waals surface area (Å²) in [5, 5.41) is 4.31. The SMILES string of the molecule is C=CCOc1ccc(C=C2C(=O)NC(=O)NC2=O)cc1Cl. The number of amides is 4. The number of halogens is 1. The van der Waals surface area contributed by atoms with Crippen LogP contribution in [-0.2, 0) is 9.59 Å². The third-order valence-corrected chi connectivity index (χ3v) is 2.86. The van der Waals surface area contributed by atoms with E-state index in [1.807, 2.05) is 10.6 Å². The van der Waals surface area contributed by atoms with Gasteiger partial charge >= 0.3 is 6.03 Å². The molecule has 0 saturated carbocycles. The van der Waals surface area contributed by atoms with Crippen molar-refractivity contribution < 1.29 is 19.1 Å². The zero-order valence-corrected chi connectivity index (χ0v) is 11.6. The van der Waals surface area contributed by atoms with Gasteiger partial charge in [-0.05, 0) is 23.8 Å². The number of imide groups is 2. The first kappa shape index (κ1) is 14.8. The molecule has 0 radical (unpaired) electrons. The Hall–Kier alpha value is -2.60. The monoisotopic (exact) mass is 306 g/mol. The summed E-state index contributed by atoms with van der Waals surface area (Å²) < 4.78 is 5.31. The molecule has 1 aliphatic heterocycles. The van der Waals surface area contributed by atoms with Crippen molar-refractivity contribution in [3.05, 3.63) is 47.0 Å². The Morgan fingerprint density at radius 3 is 2.43 bits per heavy atom. The summed E-state index contributed by atoms with van der Waals surface area (Å²) in [4.78, 5) is 34.1. The van der Waals surface area contributed by atoms with Gasteiger partial charge in [-0.15, -0.1) is 0 Å². The molecule has 4 amide bonds. The van der Waals surface area contributed by atoms with Crippen LogP contribution in [0, 0.1) is 0 Å². The second kappa shape index (κ2) is 6.23. The van der Waals surface area contributed by atoms with E-state index in [9.17, 15) is 14.4 Å². The van der Waals surface area contributed by atoms with Crippen molar-refractivity contribution in [2.45, 2.75) is 0 Å². The number of benzene rings is 1. The molecule has 0 aromatic heterocycles. The molecule has 1 aromatic rings. The number of urea groups is 1. The number of hydrogen-bond acceptors (Lipinski definition) is 4. The van der Waals surface area contributed by atoms with E-state index in [1.54, 1.807) is 24.3 Å². The Morgan fingerprint density at radius 2 is 1.86 bits per heavy atom. The van der Waals surface area contributed by atoms with Gasteiger partial charge in [0.1, 0.15) is 17.9 Å². The minimum atomic E-state index is -0.839. The quantitative estimate of drug-likeness (QED) is 0.503. The van der Waals surface area contributed by atoms with Crippen LogP contribution in [-0.4, -0.2) is 24.5 Å². The maximum Gasteiger partial charge on any atom is 0.328 e. The van der Waals surface area contributed by atoms with E-state index in [1.165, 1.54) is 6.08 Å². The van der Waals surface area contributed by atoms with Crippen molar-refractivity contribution in [2.75, 3.05) is 6.61 Å². The molecule has 0 bridgehead atoms. The van der Waals surface area contributed by atoms with E-state index in [4.69, 9.17) is 16.3 Å². The maximum absolute atomic E-state index is 11.6. The zero-order chi connectivity index (χ0) is 15.4. The number of carbonyl (C=O) groups excluding carboxylic acids is 3. The van der Waals surface area contributed by atoms with E-state index >= 15 is 0 Å². The number of ether oxygens (including phenoxy) is 1. The van der Waals surface area contributed by atoms with Crippen LogP contribution in [0.4, 0.5) is 4.79 Å². The molecule has 0 unspecified atom stereocenters. The van der Waals surface area contributed by atoms with E-state index in [2.05, 4.69) is 6.58 Å². The molecule has 1 aliphatic rings. The number of carbonyl (C=O) groups is 3. The van der Waals surface area contributed by atoms with Crippen LogP contribution in [0.1, 0.15) is 5.56 Å². The van der Waals surface area contributed by atoms with E-state index < -0.39 is 17.8 Å². The molecule has 21 heavy (non-hydrogen) atoms. The second-order valence-corrected chi connectivity index (χ2v) is 4.49. The topological polar surface area (TPSA) is 84.5 Å². The lowest BCUT2D eigenvalue weighted by Gasteiger charge is -2.14. The molecular weight excluding hydrogens is 296 g/mol. The highest BCUT2D eigenvalue weighted by atomic mass is 35.5. The molecule has 0 atom stereocenters. The third-order valence-electron chi connectivity index (χ3n) is 2.57. The Labute approximate surface area is 125 Å². The summed E-state index contributed by atoms with van der Waals surface area (Å²) in [7, 11) is 0. The zero-order valence-electron chi connectivity index (χ0n) is 10.8. The van der Waals surface area contributed by atoms with Gasteiger partial charge in [-0.1, -0.05) is 30.3 Å². The Bertz CT molecular complexity index is 645. The fraction of sp³-hybridized carbons (Fsp3) is 0.0714. The number of hydrogen-bond donors (Lipinski definition) is 2. The number of barbiturate groups is 1. The van der Waals surface area contributed by atoms with Gasteiger partial charge in [-0.2, -0.15) is 0 Å². The van der Waals surface area contributed by atoms with Gasteiger partial charge in [0.25, 0.3) is 11.8 Å². The Balaban J connectivity index is 2.26. The van der Waals surface area contributed by atoms with Gasteiger partial charge in [0.05, 0.1) is 5.02 Å². The summed E-state index contributed by atoms with van der Waals surface area (Å²) in [5.74, 6) is -1.05. The lowest BCUT2D eigenvalue weighted by Crippen LogP contribution is -2.51. The molecule has 0 aliphatic carbocycles. The molecule has 2 rings (SSSR count). The summed E-state index contributed by atoms with van der Waals surface area (Å²) >= 11 is 6.03. The van der Waals surface area contributed by atoms with Crippen molar-refractivity contribution in [3.63, 3.8) is 0 Å². The minimum absolute atomic E-state index is 0.176. The highest BCUT2D eigenvalue weighted by molar-refractivity contribution is 6.33. The van der Waals surface area contributed by atoms with Crippen molar-refractivity contribution >= 4 is 35.5 Å². The largest absolute Gasteiger partial charge is 0.488 e. The van der Waals surface area contributed by atoms with Gasteiger partial charge in [0.15, 0.2) is 0 Å². The van der Waals surface area contributed by atoms with Crippen LogP contribution in [0.25, 0.3) is 6.08 Å². The lowest BCUT2D eigenvalue weighted by molar-refractivity contribution is -0.123. The van der Waals surface area contributed by atoms with Crippen LogP contribution in [0.5, 0.6) is 5.75 Å². The number of nitrogens with one attached hydrogen (secondary N) is 2. The normalized spacial score (nSPS) is 14.3. The van der Waals surface area contributed by atoms with Gasteiger partial charge in [0.2, 0.25) is 0 Å². The molecule has 1 heterocycles. The average molecular weight is 307 g/mol. The molecule has 2 N–H and O–H groups in total. The van der Waals surface area contributed by atoms with E-state index in [-0.39, 0.29) is 5.57 Å². The fourth-order valence-corrected chi connectivity index (χ4v) is 1.89. The summed E-state index contributed by atoms with van der Waals surface area (Å²) in [6.07, 6.45) is 2.92. The minimum Gasteiger partial charge on any atom is -0.488 e. The predicted molar refractivity (Wildman–Crippen MR) is 76.8 cm³/mol. The van der Waals surface area contributed by atoms with Crippen molar-refractivity contribution in [2.24, 2.45) is 0 Å². The number of rotatable bonds is 4. The van der Waals surface area contributed by atoms with Crippen LogP contribution in [0.2, 0.25) is 5.02 Å². The molecule has 1 saturated heterocycles. The van der Waals surface area contributed by atoms with Gasteiger partial charge in [-0.25, -0.2) is 4.79 Å². The standard InChI is InChI=1S/C14H11ClN2O4/c1-2-5-21-11-4-3-8(7-10(11)15)6-9-12(18)16-14(20)17-13(9)19/h2-4,6-7H,1,5H2,(H2,16,17,18,19,20). The summed E-state index contributed by atoms with van der Waals surface area (Å²) in [5.41, 5.74) is 0.353. The Kier molecular flexibility index (Phi) is 4.39. The van der Waals surface area contributed by atoms with Gasteiger partial charge in [0, 0.05) is 0 Å². The molecule has 0 spiro atoms. The van der Waals surface area contributed by atoms with Crippen LogP contribution in [0.15, 0.2) is 36.4 Å². The first-order chi connectivity index (χ1) is 10.0. The molecule has 6 nitrogen and oxygen atoms in total. The second-order valence-electron chi connectivity index (χ2n) is 4.08. The first-order valence-corrected chi connectivity index (χ1v) is 6.30. The van der Waals surface area contributed by atoms with E-state index in [0.717, 1.165) is 0 Å². The van der Waals surface area contributed by atoms with Crippen molar-refractivity contribution in [1.82, 2.24) is 10.6 Å². The van der Waals surface area contributed by atoms with Crippen LogP contribution < -0.4 is 15.4 Å². The summed E-state index contributed by atoms with van der Waals surface area (Å²) in [6, 6.07) is 3.95. The fourth-order valence-electron chi connectivity index (χ4n) is 1.65. The highest BCUT2D eigenvalue weighted by Gasteiger charge is 2.27. The van der Waals surface area contributed by atoms with Crippen molar-refractivity contribution in [3.8, 4) is 5.75 Å². The lowest BCUT2D eigenvalue weighted by atomic mass is 10.1. The molecule has 1 fully saturated rings. The molecular formula is C14H11ClN2O4. The smallest absolute Gasteiger partial charge is 0.328 e. The van der Waals surface area contributed by atoms with E-state index in [0.29, 0.717) is 22.9 Å². The van der Waals surface area contributed by atoms with Gasteiger partial charge in [-0.3, -0.25) is 20.2 Å². The third kappa shape index (κ3) is 3.49. The first-order valence-electron chi connectivity index (χ1n) is 5.93. The van der Waals surface area contributed by atoms with Crippen LogP contribution in [0.3, 0.4) is 0 Å². The maximum atomic E-state index is 11.6. The van der Waals surface area contributed by atoms with Crippen LogP contribution >= 0.6 is 11.6 Å². The Morgan fingerprint density at radius 1 is 1.19 bits per heavy atom. The predicted octanol–water partition coefficient (Wildman–Crippen LogP) is 1.65. The molecule has 108 valence electrons. The summed E-state index contributed by atoms with van der Waals surface area (Å²) in [6.45, 7) is 3.84. The average Bonchev–Trinajstić information content (AvgIpc) is 2.42. The molecule has 1 aromatic carbocycles. The van der Waals surface area contributed by atoms with Crippen molar-refractivity contribution in [1.29, 1.82) is 0 Å². The van der Waals surface area contributed by atoms with Gasteiger partial charge < -0.3 is 4.74 Å².